The molecule has 4 atom stereocenters. The van der Waals surface area contributed by atoms with Gasteiger partial charge in [-0.25, -0.2) is 0 Å². The van der Waals surface area contributed by atoms with Crippen LogP contribution in [0.3, 0.4) is 0 Å². The minimum Gasteiger partial charge on any atom is -0.494 e. The maximum atomic E-state index is 13.0. The first-order valence-corrected chi connectivity index (χ1v) is 13.0. The third kappa shape index (κ3) is 3.99. The number of hydrogen-bond donors (Lipinski definition) is 0. The van der Waals surface area contributed by atoms with Gasteiger partial charge in [0.25, 0.3) is 0 Å². The average Bonchev–Trinajstić information content (AvgIpc) is 3.77. The van der Waals surface area contributed by atoms with Crippen LogP contribution in [0.5, 0.6) is 11.5 Å². The predicted octanol–water partition coefficient (Wildman–Crippen LogP) is 3.22. The van der Waals surface area contributed by atoms with E-state index in [4.69, 9.17) is 9.47 Å². The molecule has 2 aromatic rings. The van der Waals surface area contributed by atoms with E-state index in [0.29, 0.717) is 24.7 Å². The molecule has 2 heterocycles. The highest BCUT2D eigenvalue weighted by atomic mass is 16.5. The van der Waals surface area contributed by atoms with E-state index in [1.165, 1.54) is 22.4 Å². The summed E-state index contributed by atoms with van der Waals surface area (Å²) in [6, 6.07) is 15.0. The molecular formula is C29H30N2O6. The van der Waals surface area contributed by atoms with Crippen molar-refractivity contribution in [3.05, 3.63) is 54.1 Å². The highest BCUT2D eigenvalue weighted by Crippen LogP contribution is 2.69. The SMILES string of the molecule is Cc1ccc(OCCCCCOc2ccc(N3C(=O)C4C(C3=O)C4C3C4C(=O)N(C)C(=O)C43)cc2)cc1. The van der Waals surface area contributed by atoms with Gasteiger partial charge in [-0.15, -0.1) is 0 Å². The minimum atomic E-state index is -0.403. The Hall–Kier alpha value is -3.68. The van der Waals surface area contributed by atoms with Gasteiger partial charge >= 0.3 is 0 Å². The van der Waals surface area contributed by atoms with Gasteiger partial charge in [0.1, 0.15) is 11.5 Å². The number of carbonyl (C=O) groups is 4. The van der Waals surface area contributed by atoms with E-state index >= 15 is 0 Å². The first kappa shape index (κ1) is 23.7. The van der Waals surface area contributed by atoms with Crippen LogP contribution in [-0.4, -0.2) is 48.8 Å². The molecule has 8 nitrogen and oxygen atoms in total. The Labute approximate surface area is 215 Å². The molecule has 0 spiro atoms. The number of rotatable bonds is 10. The second-order valence-electron chi connectivity index (χ2n) is 10.6. The molecule has 37 heavy (non-hydrogen) atoms. The van der Waals surface area contributed by atoms with E-state index in [9.17, 15) is 19.2 Å². The highest BCUT2D eigenvalue weighted by molar-refractivity contribution is 6.25. The fraction of sp³-hybridized carbons (Fsp3) is 0.448. The summed E-state index contributed by atoms with van der Waals surface area (Å²) in [5, 5.41) is 0. The minimum absolute atomic E-state index is 0.147. The van der Waals surface area contributed by atoms with Crippen LogP contribution in [0.4, 0.5) is 5.69 Å². The second kappa shape index (κ2) is 9.01. The lowest BCUT2D eigenvalue weighted by Crippen LogP contribution is -2.36. The molecule has 0 N–H and O–H groups in total. The molecule has 192 valence electrons. The quantitative estimate of drug-likeness (QED) is 0.366. The normalized spacial score (nSPS) is 29.5. The number of anilines is 1. The fourth-order valence-electron chi connectivity index (χ4n) is 6.20. The number of ether oxygens (including phenoxy) is 2. The number of aryl methyl sites for hydroxylation is 1. The first-order valence-electron chi connectivity index (χ1n) is 13.0. The molecule has 4 aliphatic rings. The van der Waals surface area contributed by atoms with Crippen LogP contribution >= 0.6 is 0 Å². The van der Waals surface area contributed by atoms with Crippen molar-refractivity contribution in [3.63, 3.8) is 0 Å². The Morgan fingerprint density at radius 3 is 1.54 bits per heavy atom. The van der Waals surface area contributed by atoms with Gasteiger partial charge in [0, 0.05) is 7.05 Å². The van der Waals surface area contributed by atoms with E-state index in [0.717, 1.165) is 25.0 Å². The molecule has 6 rings (SSSR count). The third-order valence-electron chi connectivity index (χ3n) is 8.28. The van der Waals surface area contributed by atoms with Crippen LogP contribution < -0.4 is 14.4 Å². The summed E-state index contributed by atoms with van der Waals surface area (Å²) in [4.78, 5) is 52.9. The van der Waals surface area contributed by atoms with Crippen molar-refractivity contribution in [2.75, 3.05) is 25.2 Å². The number of nitrogens with zero attached hydrogens (tertiary/aromatic N) is 2. The largest absolute Gasteiger partial charge is 0.494 e. The van der Waals surface area contributed by atoms with Gasteiger partial charge in [0.15, 0.2) is 0 Å². The molecule has 0 bridgehead atoms. The van der Waals surface area contributed by atoms with Crippen molar-refractivity contribution in [1.82, 2.24) is 4.90 Å². The zero-order chi connectivity index (χ0) is 25.8. The van der Waals surface area contributed by atoms with Crippen LogP contribution in [0, 0.1) is 42.4 Å². The van der Waals surface area contributed by atoms with Gasteiger partial charge in [-0.1, -0.05) is 17.7 Å². The van der Waals surface area contributed by atoms with Crippen LogP contribution in [0.15, 0.2) is 48.5 Å². The van der Waals surface area contributed by atoms with Gasteiger partial charge < -0.3 is 9.47 Å². The Morgan fingerprint density at radius 1 is 0.622 bits per heavy atom. The molecule has 0 radical (unpaired) electrons. The van der Waals surface area contributed by atoms with Crippen LogP contribution in [0.2, 0.25) is 0 Å². The van der Waals surface area contributed by atoms with Crippen LogP contribution in [0.1, 0.15) is 24.8 Å². The molecule has 4 fully saturated rings. The molecule has 2 saturated heterocycles. The number of imide groups is 2. The van der Waals surface area contributed by atoms with Crippen LogP contribution in [-0.2, 0) is 19.2 Å². The molecule has 2 saturated carbocycles. The summed E-state index contributed by atoms with van der Waals surface area (Å²) in [5.41, 5.74) is 1.74. The lowest BCUT2D eigenvalue weighted by Gasteiger charge is -2.20. The zero-order valence-electron chi connectivity index (χ0n) is 21.0. The third-order valence-corrected chi connectivity index (χ3v) is 8.28. The van der Waals surface area contributed by atoms with Crippen molar-refractivity contribution in [2.24, 2.45) is 35.5 Å². The summed E-state index contributed by atoms with van der Waals surface area (Å²) in [7, 11) is 1.50. The smallest absolute Gasteiger partial charge is 0.238 e. The maximum Gasteiger partial charge on any atom is 0.238 e. The maximum absolute atomic E-state index is 13.0. The standard InChI is InChI=1S/C29H30N2O6/c1-16-6-10-18(11-7-16)36-14-4-3-5-15-37-19-12-8-17(9-13-19)31-28(34)24-21(25(24)29(31)35)20-22-23(20)27(33)30(2)26(22)32/h6-13,20-25H,3-5,14-15H2,1-2H3. The lowest BCUT2D eigenvalue weighted by molar-refractivity contribution is -0.141. The summed E-state index contributed by atoms with van der Waals surface area (Å²) >= 11 is 0. The topological polar surface area (TPSA) is 93.2 Å². The fourth-order valence-corrected chi connectivity index (χ4v) is 6.20. The Morgan fingerprint density at radius 2 is 1.05 bits per heavy atom. The molecular weight excluding hydrogens is 472 g/mol. The Kier molecular flexibility index (Phi) is 5.77. The van der Waals surface area contributed by atoms with Gasteiger partial charge in [-0.05, 0) is 74.4 Å². The van der Waals surface area contributed by atoms with E-state index in [1.54, 1.807) is 24.3 Å². The van der Waals surface area contributed by atoms with Crippen molar-refractivity contribution in [3.8, 4) is 11.5 Å². The number of likely N-dealkylation sites (tertiary alicyclic amines) is 1. The molecule has 2 aromatic carbocycles. The molecule has 0 aromatic heterocycles. The number of piperidine rings is 2. The first-order chi connectivity index (χ1) is 17.9. The molecule has 4 amide bonds. The predicted molar refractivity (Wildman–Crippen MR) is 134 cm³/mol. The van der Waals surface area contributed by atoms with E-state index in [2.05, 4.69) is 0 Å². The number of hydrogen-bond acceptors (Lipinski definition) is 6. The molecule has 4 unspecified atom stereocenters. The Balaban J connectivity index is 0.941. The van der Waals surface area contributed by atoms with Crippen LogP contribution in [0.25, 0.3) is 0 Å². The monoisotopic (exact) mass is 502 g/mol. The molecule has 8 heteroatoms. The summed E-state index contributed by atoms with van der Waals surface area (Å²) < 4.78 is 11.6. The number of unbranched alkanes of at least 4 members (excludes halogenated alkanes) is 2. The highest BCUT2D eigenvalue weighted by Gasteiger charge is 2.79. The number of benzene rings is 2. The number of carbonyl (C=O) groups excluding carboxylic acids is 4. The Bertz CT molecular complexity index is 1210. The summed E-state index contributed by atoms with van der Waals surface area (Å²) in [6.07, 6.45) is 2.83. The van der Waals surface area contributed by atoms with Crippen molar-refractivity contribution in [2.45, 2.75) is 26.2 Å². The van der Waals surface area contributed by atoms with Crippen molar-refractivity contribution >= 4 is 29.3 Å². The van der Waals surface area contributed by atoms with E-state index in [-0.39, 0.29) is 47.3 Å². The summed E-state index contributed by atoms with van der Waals surface area (Å²) in [6.45, 7) is 3.30. The molecule has 2 aliphatic carbocycles. The zero-order valence-corrected chi connectivity index (χ0v) is 21.0. The average molecular weight is 503 g/mol. The lowest BCUT2D eigenvalue weighted by atomic mass is 10.1. The van der Waals surface area contributed by atoms with Gasteiger partial charge in [0.05, 0.1) is 42.6 Å². The summed E-state index contributed by atoms with van der Waals surface area (Å²) in [5.74, 6) is -1.01. The van der Waals surface area contributed by atoms with E-state index < -0.39 is 11.8 Å². The number of amides is 4. The molecule has 2 aliphatic heterocycles. The number of fused-ring (bicyclic) bond motifs is 2. The van der Waals surface area contributed by atoms with E-state index in [1.807, 2.05) is 31.2 Å². The van der Waals surface area contributed by atoms with Gasteiger partial charge in [-0.2, -0.15) is 0 Å². The van der Waals surface area contributed by atoms with Gasteiger partial charge in [-0.3, -0.25) is 29.0 Å². The van der Waals surface area contributed by atoms with Gasteiger partial charge in [0.2, 0.25) is 23.6 Å². The second-order valence-corrected chi connectivity index (χ2v) is 10.6. The van der Waals surface area contributed by atoms with Crippen molar-refractivity contribution < 1.29 is 28.7 Å². The van der Waals surface area contributed by atoms with Crippen molar-refractivity contribution in [1.29, 1.82) is 0 Å².